The topological polar surface area (TPSA) is 46.3 Å². The third-order valence-corrected chi connectivity index (χ3v) is 4.16. The Morgan fingerprint density at radius 2 is 1.85 bits per heavy atom. The molecule has 104 valence electrons. The van der Waals surface area contributed by atoms with Crippen LogP contribution in [0.2, 0.25) is 0 Å². The van der Waals surface area contributed by atoms with Gasteiger partial charge in [-0.1, -0.05) is 22.0 Å². The van der Waals surface area contributed by atoms with Gasteiger partial charge in [-0.15, -0.1) is 0 Å². The molecule has 0 saturated carbocycles. The first kappa shape index (κ1) is 15.1. The summed E-state index contributed by atoms with van der Waals surface area (Å²) in [5.41, 5.74) is 8.91. The standard InChI is InChI=1S/C15H14Br2N2O/c1-9-3-5-11(12(17)7-9)15(20)19(2)14-6-4-10(16)8-13(14)18/h3-8H,18H2,1-2H3. The van der Waals surface area contributed by atoms with Gasteiger partial charge in [-0.05, 0) is 58.7 Å². The van der Waals surface area contributed by atoms with Crippen molar-refractivity contribution >= 4 is 49.1 Å². The van der Waals surface area contributed by atoms with Crippen molar-refractivity contribution in [3.63, 3.8) is 0 Å². The number of aryl methyl sites for hydroxylation is 1. The molecule has 0 aliphatic carbocycles. The molecular formula is C15H14Br2N2O. The predicted octanol–water partition coefficient (Wildman–Crippen LogP) is 4.38. The van der Waals surface area contributed by atoms with E-state index in [0.29, 0.717) is 16.9 Å². The van der Waals surface area contributed by atoms with Crippen molar-refractivity contribution in [2.75, 3.05) is 17.7 Å². The number of anilines is 2. The summed E-state index contributed by atoms with van der Waals surface area (Å²) >= 11 is 6.79. The summed E-state index contributed by atoms with van der Waals surface area (Å²) in [6.45, 7) is 1.98. The SMILES string of the molecule is Cc1ccc(C(=O)N(C)c2ccc(Br)cc2N)c(Br)c1. The molecule has 0 unspecified atom stereocenters. The van der Waals surface area contributed by atoms with Crippen LogP contribution in [-0.4, -0.2) is 13.0 Å². The highest BCUT2D eigenvalue weighted by Crippen LogP contribution is 2.28. The zero-order chi connectivity index (χ0) is 14.9. The summed E-state index contributed by atoms with van der Waals surface area (Å²) in [4.78, 5) is 14.1. The molecule has 0 aromatic heterocycles. The normalized spacial score (nSPS) is 10.4. The molecule has 0 saturated heterocycles. The minimum Gasteiger partial charge on any atom is -0.397 e. The van der Waals surface area contributed by atoms with E-state index in [-0.39, 0.29) is 5.91 Å². The van der Waals surface area contributed by atoms with E-state index in [4.69, 9.17) is 5.73 Å². The van der Waals surface area contributed by atoms with Gasteiger partial charge in [-0.25, -0.2) is 0 Å². The first-order valence-electron chi connectivity index (χ1n) is 5.99. The minimum atomic E-state index is -0.106. The summed E-state index contributed by atoms with van der Waals surface area (Å²) in [6, 6.07) is 11.1. The lowest BCUT2D eigenvalue weighted by Gasteiger charge is -2.20. The molecule has 5 heteroatoms. The van der Waals surface area contributed by atoms with Crippen LogP contribution in [0, 0.1) is 6.92 Å². The van der Waals surface area contributed by atoms with Crippen LogP contribution in [0.1, 0.15) is 15.9 Å². The van der Waals surface area contributed by atoms with Gasteiger partial charge in [0.05, 0.1) is 16.9 Å². The van der Waals surface area contributed by atoms with Crippen molar-refractivity contribution < 1.29 is 4.79 Å². The quantitative estimate of drug-likeness (QED) is 0.764. The van der Waals surface area contributed by atoms with Crippen molar-refractivity contribution in [2.45, 2.75) is 6.92 Å². The zero-order valence-electron chi connectivity index (χ0n) is 11.2. The van der Waals surface area contributed by atoms with Crippen LogP contribution in [0.3, 0.4) is 0 Å². The maximum Gasteiger partial charge on any atom is 0.259 e. The van der Waals surface area contributed by atoms with Crippen LogP contribution in [0.5, 0.6) is 0 Å². The summed E-state index contributed by atoms with van der Waals surface area (Å²) in [7, 11) is 1.72. The Hall–Kier alpha value is -1.33. The summed E-state index contributed by atoms with van der Waals surface area (Å²) in [6.07, 6.45) is 0. The number of nitrogens with two attached hydrogens (primary N) is 1. The van der Waals surface area contributed by atoms with Crippen molar-refractivity contribution in [3.05, 3.63) is 56.5 Å². The number of carbonyl (C=O) groups excluding carboxylic acids is 1. The molecule has 0 radical (unpaired) electrons. The summed E-state index contributed by atoms with van der Waals surface area (Å²) in [5, 5.41) is 0. The Bertz CT molecular complexity index is 671. The predicted molar refractivity (Wildman–Crippen MR) is 90.2 cm³/mol. The van der Waals surface area contributed by atoms with Crippen LogP contribution in [0.15, 0.2) is 45.3 Å². The van der Waals surface area contributed by atoms with Crippen molar-refractivity contribution in [3.8, 4) is 0 Å². The lowest BCUT2D eigenvalue weighted by atomic mass is 10.1. The van der Waals surface area contributed by atoms with Gasteiger partial charge in [-0.3, -0.25) is 4.79 Å². The van der Waals surface area contributed by atoms with E-state index in [1.54, 1.807) is 18.0 Å². The average molecular weight is 398 g/mol. The fourth-order valence-electron chi connectivity index (χ4n) is 1.91. The molecular weight excluding hydrogens is 384 g/mol. The molecule has 0 bridgehead atoms. The lowest BCUT2D eigenvalue weighted by molar-refractivity contribution is 0.0992. The van der Waals surface area contributed by atoms with Crippen LogP contribution in [-0.2, 0) is 0 Å². The van der Waals surface area contributed by atoms with E-state index in [2.05, 4.69) is 31.9 Å². The number of halogens is 2. The fourth-order valence-corrected chi connectivity index (χ4v) is 2.96. The molecule has 20 heavy (non-hydrogen) atoms. The van der Waals surface area contributed by atoms with Gasteiger partial charge in [0.25, 0.3) is 5.91 Å². The highest BCUT2D eigenvalue weighted by molar-refractivity contribution is 9.10. The van der Waals surface area contributed by atoms with E-state index in [1.165, 1.54) is 0 Å². The number of hydrogen-bond donors (Lipinski definition) is 1. The molecule has 0 heterocycles. The molecule has 3 nitrogen and oxygen atoms in total. The van der Waals surface area contributed by atoms with E-state index < -0.39 is 0 Å². The number of hydrogen-bond acceptors (Lipinski definition) is 2. The third kappa shape index (κ3) is 3.04. The van der Waals surface area contributed by atoms with Crippen molar-refractivity contribution in [1.29, 1.82) is 0 Å². The van der Waals surface area contributed by atoms with Crippen molar-refractivity contribution in [1.82, 2.24) is 0 Å². The van der Waals surface area contributed by atoms with Gasteiger partial charge in [0, 0.05) is 16.0 Å². The minimum absolute atomic E-state index is 0.106. The van der Waals surface area contributed by atoms with Crippen LogP contribution < -0.4 is 10.6 Å². The lowest BCUT2D eigenvalue weighted by Crippen LogP contribution is -2.27. The molecule has 0 aliphatic heterocycles. The summed E-state index contributed by atoms with van der Waals surface area (Å²) in [5.74, 6) is -0.106. The third-order valence-electron chi connectivity index (χ3n) is 3.01. The average Bonchev–Trinajstić information content (AvgIpc) is 2.37. The molecule has 0 fully saturated rings. The van der Waals surface area contributed by atoms with Gasteiger partial charge in [0.1, 0.15) is 0 Å². The van der Waals surface area contributed by atoms with Gasteiger partial charge in [-0.2, -0.15) is 0 Å². The molecule has 0 aliphatic rings. The van der Waals surface area contributed by atoms with E-state index in [0.717, 1.165) is 14.5 Å². The maximum absolute atomic E-state index is 12.5. The zero-order valence-corrected chi connectivity index (χ0v) is 14.3. The Kier molecular flexibility index (Phi) is 4.50. The second-order valence-corrected chi connectivity index (χ2v) is 6.32. The Morgan fingerprint density at radius 1 is 1.15 bits per heavy atom. The molecule has 0 spiro atoms. The second kappa shape index (κ2) is 5.97. The number of rotatable bonds is 2. The molecule has 1 amide bonds. The van der Waals surface area contributed by atoms with Gasteiger partial charge in [0.15, 0.2) is 0 Å². The summed E-state index contributed by atoms with van der Waals surface area (Å²) < 4.78 is 1.67. The van der Waals surface area contributed by atoms with E-state index in [1.807, 2.05) is 37.3 Å². The fraction of sp³-hybridized carbons (Fsp3) is 0.133. The number of carbonyl (C=O) groups is 1. The Morgan fingerprint density at radius 3 is 2.45 bits per heavy atom. The number of nitrogens with zero attached hydrogens (tertiary/aromatic N) is 1. The smallest absolute Gasteiger partial charge is 0.259 e. The molecule has 0 atom stereocenters. The second-order valence-electron chi connectivity index (χ2n) is 4.55. The number of nitrogen functional groups attached to an aromatic ring is 1. The van der Waals surface area contributed by atoms with E-state index in [9.17, 15) is 4.79 Å². The monoisotopic (exact) mass is 396 g/mol. The molecule has 2 N–H and O–H groups in total. The molecule has 2 rings (SSSR count). The van der Waals surface area contributed by atoms with Crippen molar-refractivity contribution in [2.24, 2.45) is 0 Å². The van der Waals surface area contributed by atoms with Gasteiger partial charge >= 0.3 is 0 Å². The largest absolute Gasteiger partial charge is 0.397 e. The maximum atomic E-state index is 12.5. The Labute approximate surface area is 135 Å². The van der Waals surface area contributed by atoms with Crippen LogP contribution in [0.4, 0.5) is 11.4 Å². The molecule has 2 aromatic rings. The van der Waals surface area contributed by atoms with E-state index >= 15 is 0 Å². The highest BCUT2D eigenvalue weighted by Gasteiger charge is 2.18. The first-order valence-corrected chi connectivity index (χ1v) is 7.58. The van der Waals surface area contributed by atoms with Crippen LogP contribution >= 0.6 is 31.9 Å². The van der Waals surface area contributed by atoms with Gasteiger partial charge in [0.2, 0.25) is 0 Å². The van der Waals surface area contributed by atoms with Gasteiger partial charge < -0.3 is 10.6 Å². The Balaban J connectivity index is 2.37. The number of benzene rings is 2. The van der Waals surface area contributed by atoms with Crippen LogP contribution in [0.25, 0.3) is 0 Å². The number of amides is 1. The molecule has 2 aromatic carbocycles. The highest BCUT2D eigenvalue weighted by atomic mass is 79.9. The first-order chi connectivity index (χ1) is 9.40.